The molecule has 0 spiro atoms. The largest absolute Gasteiger partial charge is 0.490 e. The van der Waals surface area contributed by atoms with E-state index in [1.54, 1.807) is 20.8 Å². The Bertz CT molecular complexity index is 1520. The van der Waals surface area contributed by atoms with Gasteiger partial charge in [-0.05, 0) is 64.8 Å². The minimum Gasteiger partial charge on any atom is -0.490 e. The number of halogens is 4. The summed E-state index contributed by atoms with van der Waals surface area (Å²) in [5, 5.41) is 5.05. The van der Waals surface area contributed by atoms with Gasteiger partial charge in [-0.15, -0.1) is 0 Å². The lowest BCUT2D eigenvalue weighted by molar-refractivity contribution is -0.141. The first-order valence-corrected chi connectivity index (χ1v) is 14.2. The van der Waals surface area contributed by atoms with Gasteiger partial charge in [-0.2, -0.15) is 8.78 Å². The molecular formula is C31H35F4N3O8. The molecule has 0 radical (unpaired) electrons. The molecule has 0 bridgehead atoms. The fraction of sp³-hybridized carbons (Fsp3) is 0.419. The van der Waals surface area contributed by atoms with Crippen molar-refractivity contribution >= 4 is 18.0 Å². The van der Waals surface area contributed by atoms with Crippen molar-refractivity contribution in [2.24, 2.45) is 0 Å². The molecule has 0 aliphatic carbocycles. The molecule has 2 aromatic carbocycles. The van der Waals surface area contributed by atoms with Gasteiger partial charge in [0.05, 0.1) is 19.3 Å². The van der Waals surface area contributed by atoms with Gasteiger partial charge < -0.3 is 34.0 Å². The third-order valence-electron chi connectivity index (χ3n) is 5.96. The van der Waals surface area contributed by atoms with Crippen LogP contribution in [0.2, 0.25) is 0 Å². The predicted octanol–water partition coefficient (Wildman–Crippen LogP) is 6.46. The Balaban J connectivity index is 1.91. The Morgan fingerprint density at radius 1 is 1.00 bits per heavy atom. The van der Waals surface area contributed by atoms with Crippen LogP contribution in [0, 0.1) is 11.6 Å². The number of carbonyl (C=O) groups is 3. The van der Waals surface area contributed by atoms with Gasteiger partial charge in [-0.1, -0.05) is 6.07 Å². The Kier molecular flexibility index (Phi) is 12.4. The van der Waals surface area contributed by atoms with Gasteiger partial charge in [0, 0.05) is 30.7 Å². The van der Waals surface area contributed by atoms with Gasteiger partial charge in [0.2, 0.25) is 5.89 Å². The maximum atomic E-state index is 14.2. The number of ether oxygens (including phenoxy) is 4. The first-order valence-electron chi connectivity index (χ1n) is 14.2. The lowest BCUT2D eigenvalue weighted by Crippen LogP contribution is -2.34. The number of hydrogen-bond donors (Lipinski definition) is 2. The van der Waals surface area contributed by atoms with E-state index in [0.29, 0.717) is 18.9 Å². The van der Waals surface area contributed by atoms with Crippen molar-refractivity contribution in [2.75, 3.05) is 13.2 Å². The van der Waals surface area contributed by atoms with E-state index >= 15 is 0 Å². The molecule has 15 heteroatoms. The van der Waals surface area contributed by atoms with Crippen LogP contribution in [0.5, 0.6) is 11.5 Å². The molecule has 2 amide bonds. The number of amides is 2. The van der Waals surface area contributed by atoms with Crippen LogP contribution in [0.4, 0.5) is 22.4 Å². The van der Waals surface area contributed by atoms with Gasteiger partial charge in [0.25, 0.3) is 5.91 Å². The fourth-order valence-electron chi connectivity index (χ4n) is 3.94. The highest BCUT2D eigenvalue weighted by molar-refractivity contribution is 5.94. The van der Waals surface area contributed by atoms with Crippen molar-refractivity contribution in [3.05, 3.63) is 65.1 Å². The molecule has 0 aliphatic heterocycles. The number of unbranched alkanes of at least 4 members (excludes halogenated alkanes) is 1. The number of carbonyl (C=O) groups excluding carboxylic acids is 3. The molecule has 46 heavy (non-hydrogen) atoms. The van der Waals surface area contributed by atoms with Crippen molar-refractivity contribution in [3.63, 3.8) is 0 Å². The van der Waals surface area contributed by atoms with Crippen LogP contribution in [0.1, 0.15) is 75.3 Å². The monoisotopic (exact) mass is 653 g/mol. The summed E-state index contributed by atoms with van der Waals surface area (Å²) < 4.78 is 79.9. The third kappa shape index (κ3) is 11.0. The average Bonchev–Trinajstić information content (AvgIpc) is 3.39. The Morgan fingerprint density at radius 3 is 2.37 bits per heavy atom. The summed E-state index contributed by atoms with van der Waals surface area (Å²) in [6, 6.07) is 5.80. The Morgan fingerprint density at radius 2 is 1.72 bits per heavy atom. The van der Waals surface area contributed by atoms with Crippen LogP contribution < -0.4 is 20.1 Å². The van der Waals surface area contributed by atoms with E-state index in [4.69, 9.17) is 18.6 Å². The maximum Gasteiger partial charge on any atom is 0.408 e. The number of nitrogens with zero attached hydrogens (tertiary/aromatic N) is 1. The van der Waals surface area contributed by atoms with E-state index in [1.807, 2.05) is 0 Å². The predicted molar refractivity (Wildman–Crippen MR) is 155 cm³/mol. The van der Waals surface area contributed by atoms with Crippen molar-refractivity contribution in [3.8, 4) is 23.0 Å². The van der Waals surface area contributed by atoms with E-state index in [-0.39, 0.29) is 59.7 Å². The summed E-state index contributed by atoms with van der Waals surface area (Å²) in [7, 11) is 0. The van der Waals surface area contributed by atoms with E-state index in [1.165, 1.54) is 38.1 Å². The number of aromatic nitrogens is 1. The number of oxazole rings is 1. The van der Waals surface area contributed by atoms with Gasteiger partial charge >= 0.3 is 18.7 Å². The Labute approximate surface area is 262 Å². The molecule has 1 heterocycles. The first-order chi connectivity index (χ1) is 21.6. The van der Waals surface area contributed by atoms with E-state index in [0.717, 1.165) is 6.07 Å². The summed E-state index contributed by atoms with van der Waals surface area (Å²) in [6.45, 7) is 4.53. The van der Waals surface area contributed by atoms with Crippen LogP contribution in [-0.2, 0) is 20.8 Å². The molecule has 2 N–H and O–H groups in total. The van der Waals surface area contributed by atoms with Crippen LogP contribution >= 0.6 is 0 Å². The van der Waals surface area contributed by atoms with Gasteiger partial charge in [0.15, 0.2) is 23.0 Å². The number of alkyl halides is 2. The molecule has 0 saturated carbocycles. The molecular weight excluding hydrogens is 618 g/mol. The highest BCUT2D eigenvalue weighted by Crippen LogP contribution is 2.35. The molecule has 1 aromatic heterocycles. The molecule has 0 aliphatic rings. The number of nitrogens with one attached hydrogen (secondary N) is 2. The lowest BCUT2D eigenvalue weighted by atomic mass is 10.1. The average molecular weight is 654 g/mol. The summed E-state index contributed by atoms with van der Waals surface area (Å²) in [5.74, 6) is -3.49. The third-order valence-corrected chi connectivity index (χ3v) is 5.96. The van der Waals surface area contributed by atoms with Gasteiger partial charge in [0.1, 0.15) is 17.2 Å². The van der Waals surface area contributed by atoms with E-state index < -0.39 is 47.9 Å². The smallest absolute Gasteiger partial charge is 0.408 e. The van der Waals surface area contributed by atoms with E-state index in [2.05, 4.69) is 20.4 Å². The lowest BCUT2D eigenvalue weighted by Gasteiger charge is -2.21. The van der Waals surface area contributed by atoms with Crippen molar-refractivity contribution in [2.45, 2.75) is 72.3 Å². The van der Waals surface area contributed by atoms with E-state index in [9.17, 15) is 31.9 Å². The summed E-state index contributed by atoms with van der Waals surface area (Å²) in [6.07, 6.45) is 0.0632. The summed E-state index contributed by atoms with van der Waals surface area (Å²) >= 11 is 0. The van der Waals surface area contributed by atoms with Crippen LogP contribution in [0.3, 0.4) is 0 Å². The molecule has 0 saturated heterocycles. The maximum absolute atomic E-state index is 14.2. The topological polar surface area (TPSA) is 138 Å². The zero-order chi connectivity index (χ0) is 34.0. The quantitative estimate of drug-likeness (QED) is 0.114. The molecule has 0 unspecified atom stereocenters. The number of alkyl carbamates (subject to hydrolysis) is 1. The standard InChI is InChI=1S/C31H35F4N3O8/c1-17(37-30(41)46-31(3,4)5)26-25(27(40)36-16-20-8-10-21(32)15-22(20)33)38-28(45-26)19-9-11-23(44-29(34)35)24(14-19)43-13-7-6-12-42-18(2)39/h8-11,14-15,17,29H,6-7,12-13,16H2,1-5H3,(H,36,40)(H,37,41)/t17-/m0/s1. The molecule has 3 rings (SSSR count). The second kappa shape index (κ2) is 16.0. The van der Waals surface area contributed by atoms with Crippen LogP contribution in [-0.4, -0.2) is 48.4 Å². The summed E-state index contributed by atoms with van der Waals surface area (Å²) in [5.41, 5.74) is -0.897. The van der Waals surface area contributed by atoms with Crippen molar-refractivity contribution in [1.82, 2.24) is 15.6 Å². The van der Waals surface area contributed by atoms with Crippen LogP contribution in [0.25, 0.3) is 11.5 Å². The molecule has 250 valence electrons. The molecule has 1 atom stereocenters. The second-order valence-corrected chi connectivity index (χ2v) is 11.0. The fourth-order valence-corrected chi connectivity index (χ4v) is 3.94. The number of esters is 1. The SMILES string of the molecule is CC(=O)OCCCCOc1cc(-c2nc(C(=O)NCc3ccc(F)cc3F)c([C@H](C)NC(=O)OC(C)(C)C)o2)ccc1OC(F)F. The second-order valence-electron chi connectivity index (χ2n) is 11.0. The number of hydrogen-bond acceptors (Lipinski definition) is 9. The Hall–Kier alpha value is -4.82. The highest BCUT2D eigenvalue weighted by Gasteiger charge is 2.28. The highest BCUT2D eigenvalue weighted by atomic mass is 19.3. The van der Waals surface area contributed by atoms with Gasteiger partial charge in [-0.25, -0.2) is 18.6 Å². The molecule has 11 nitrogen and oxygen atoms in total. The zero-order valence-electron chi connectivity index (χ0n) is 25.9. The van der Waals surface area contributed by atoms with Gasteiger partial charge in [-0.3, -0.25) is 9.59 Å². The molecule has 3 aromatic rings. The number of benzene rings is 2. The van der Waals surface area contributed by atoms with Crippen LogP contribution in [0.15, 0.2) is 40.8 Å². The minimum atomic E-state index is -3.15. The minimum absolute atomic E-state index is 0.00390. The number of rotatable bonds is 14. The van der Waals surface area contributed by atoms with Crippen molar-refractivity contribution in [1.29, 1.82) is 0 Å². The first kappa shape index (κ1) is 35.7. The summed E-state index contributed by atoms with van der Waals surface area (Å²) in [4.78, 5) is 40.9. The normalized spacial score (nSPS) is 12.0. The molecule has 0 fully saturated rings. The van der Waals surface area contributed by atoms with Crippen molar-refractivity contribution < 1.29 is 55.3 Å². The zero-order valence-corrected chi connectivity index (χ0v) is 25.9.